The van der Waals surface area contributed by atoms with Crippen molar-refractivity contribution in [2.45, 2.75) is 13.5 Å². The largest absolute Gasteiger partial charge is 0.496 e. The number of hydrogen-bond donors (Lipinski definition) is 1. The summed E-state index contributed by atoms with van der Waals surface area (Å²) in [5, 5.41) is 17.5. The number of benzene rings is 1. The van der Waals surface area contributed by atoms with Crippen molar-refractivity contribution in [3.63, 3.8) is 0 Å². The molecule has 1 aromatic heterocycles. The number of rotatable bonds is 5. The number of nitrogens with one attached hydrogen (secondary N) is 1. The van der Waals surface area contributed by atoms with E-state index < -0.39 is 4.92 Å². The number of methoxy groups -OCH3 is 1. The molecule has 2 aromatic rings. The van der Waals surface area contributed by atoms with Crippen molar-refractivity contribution < 1.29 is 14.2 Å². The smallest absolute Gasteiger partial charge is 0.275 e. The maximum atomic E-state index is 10.8. The van der Waals surface area contributed by atoms with Crippen LogP contribution in [0, 0.1) is 17.0 Å². The van der Waals surface area contributed by atoms with Crippen molar-refractivity contribution in [2.75, 3.05) is 12.4 Å². The number of nitro groups is 1. The van der Waals surface area contributed by atoms with E-state index in [-0.39, 0.29) is 5.69 Å². The first kappa shape index (κ1) is 12.8. The Hall–Kier alpha value is -2.64. The van der Waals surface area contributed by atoms with Gasteiger partial charge in [-0.25, -0.2) is 0 Å². The molecule has 0 aliphatic heterocycles. The van der Waals surface area contributed by atoms with Gasteiger partial charge in [0.15, 0.2) is 5.82 Å². The van der Waals surface area contributed by atoms with E-state index in [0.717, 1.165) is 0 Å². The summed E-state index contributed by atoms with van der Waals surface area (Å²) in [6, 6.07) is 4.42. The molecule has 0 aliphatic rings. The van der Waals surface area contributed by atoms with E-state index in [0.29, 0.717) is 29.7 Å². The van der Waals surface area contributed by atoms with Crippen LogP contribution in [-0.4, -0.2) is 22.2 Å². The Bertz CT molecular complexity index is 596. The van der Waals surface area contributed by atoms with Crippen LogP contribution in [0.3, 0.4) is 0 Å². The first-order valence-electron chi connectivity index (χ1n) is 5.45. The normalized spacial score (nSPS) is 10.2. The van der Waals surface area contributed by atoms with Gasteiger partial charge >= 0.3 is 0 Å². The molecule has 0 amide bonds. The topological polar surface area (TPSA) is 103 Å². The monoisotopic (exact) mass is 264 g/mol. The van der Waals surface area contributed by atoms with Crippen LogP contribution in [0.2, 0.25) is 0 Å². The van der Waals surface area contributed by atoms with Gasteiger partial charge in [-0.3, -0.25) is 10.1 Å². The van der Waals surface area contributed by atoms with E-state index in [1.54, 1.807) is 13.0 Å². The zero-order valence-electron chi connectivity index (χ0n) is 10.4. The Morgan fingerprint density at radius 1 is 1.47 bits per heavy atom. The average Bonchev–Trinajstić information content (AvgIpc) is 2.81. The maximum Gasteiger partial charge on any atom is 0.275 e. The molecule has 19 heavy (non-hydrogen) atoms. The molecule has 0 spiro atoms. The number of ether oxygens (including phenoxy) is 1. The Morgan fingerprint density at radius 3 is 2.84 bits per heavy atom. The SMILES string of the molecule is COc1cc(NCc2noc(C)n2)cc([N+](=O)[O-])c1. The first-order chi connectivity index (χ1) is 9.08. The van der Waals surface area contributed by atoms with E-state index in [2.05, 4.69) is 15.5 Å². The van der Waals surface area contributed by atoms with Crippen LogP contribution in [0.4, 0.5) is 11.4 Å². The molecule has 0 saturated heterocycles. The second kappa shape index (κ2) is 5.34. The second-order valence-electron chi connectivity index (χ2n) is 3.76. The van der Waals surface area contributed by atoms with Gasteiger partial charge in [0, 0.05) is 24.7 Å². The Morgan fingerprint density at radius 2 is 2.26 bits per heavy atom. The van der Waals surface area contributed by atoms with Gasteiger partial charge in [0.1, 0.15) is 5.75 Å². The molecule has 0 aliphatic carbocycles. The van der Waals surface area contributed by atoms with Crippen LogP contribution in [0.1, 0.15) is 11.7 Å². The molecule has 8 nitrogen and oxygen atoms in total. The van der Waals surface area contributed by atoms with Gasteiger partial charge in [-0.15, -0.1) is 0 Å². The third-order valence-corrected chi connectivity index (χ3v) is 2.36. The number of aromatic nitrogens is 2. The second-order valence-corrected chi connectivity index (χ2v) is 3.76. The number of nitro benzene ring substituents is 1. The summed E-state index contributed by atoms with van der Waals surface area (Å²) in [6.07, 6.45) is 0. The molecule has 0 atom stereocenters. The lowest BCUT2D eigenvalue weighted by atomic mass is 10.2. The van der Waals surface area contributed by atoms with Crippen LogP contribution in [0.5, 0.6) is 5.75 Å². The number of hydrogen-bond acceptors (Lipinski definition) is 7. The number of nitrogens with zero attached hydrogens (tertiary/aromatic N) is 3. The van der Waals surface area contributed by atoms with Gasteiger partial charge < -0.3 is 14.6 Å². The predicted octanol–water partition coefficient (Wildman–Crippen LogP) is 1.91. The van der Waals surface area contributed by atoms with Crippen LogP contribution >= 0.6 is 0 Å². The van der Waals surface area contributed by atoms with Gasteiger partial charge in [0.25, 0.3) is 5.69 Å². The van der Waals surface area contributed by atoms with Crippen molar-refractivity contribution in [3.05, 3.63) is 40.0 Å². The third-order valence-electron chi connectivity index (χ3n) is 2.36. The molecular formula is C11H12N4O4. The van der Waals surface area contributed by atoms with Crippen molar-refractivity contribution in [1.82, 2.24) is 10.1 Å². The summed E-state index contributed by atoms with van der Waals surface area (Å²) in [4.78, 5) is 14.3. The van der Waals surface area contributed by atoms with Crippen LogP contribution < -0.4 is 10.1 Å². The molecule has 100 valence electrons. The molecule has 1 N–H and O–H groups in total. The number of non-ortho nitro benzene ring substituents is 1. The molecule has 0 bridgehead atoms. The Labute approximate surface area is 108 Å². The minimum absolute atomic E-state index is 0.0499. The third kappa shape index (κ3) is 3.18. The fourth-order valence-corrected chi connectivity index (χ4v) is 1.50. The van der Waals surface area contributed by atoms with Gasteiger partial charge in [0.2, 0.25) is 5.89 Å². The Kier molecular flexibility index (Phi) is 3.60. The fraction of sp³-hybridized carbons (Fsp3) is 0.273. The van der Waals surface area contributed by atoms with E-state index in [1.807, 2.05) is 0 Å². The van der Waals surface area contributed by atoms with Gasteiger partial charge in [-0.2, -0.15) is 4.98 Å². The summed E-state index contributed by atoms with van der Waals surface area (Å²) in [5.41, 5.74) is 0.500. The summed E-state index contributed by atoms with van der Waals surface area (Å²) in [6.45, 7) is 1.99. The molecule has 8 heteroatoms. The van der Waals surface area contributed by atoms with Crippen molar-refractivity contribution in [2.24, 2.45) is 0 Å². The zero-order chi connectivity index (χ0) is 13.8. The molecule has 0 fully saturated rings. The lowest BCUT2D eigenvalue weighted by Crippen LogP contribution is -2.02. The van der Waals surface area contributed by atoms with Gasteiger partial charge in [0.05, 0.1) is 24.6 Å². The number of anilines is 1. The zero-order valence-corrected chi connectivity index (χ0v) is 10.4. The highest BCUT2D eigenvalue weighted by molar-refractivity contribution is 5.56. The van der Waals surface area contributed by atoms with Gasteiger partial charge in [-0.05, 0) is 0 Å². The van der Waals surface area contributed by atoms with Crippen molar-refractivity contribution in [1.29, 1.82) is 0 Å². The highest BCUT2D eigenvalue weighted by Crippen LogP contribution is 2.25. The van der Waals surface area contributed by atoms with Gasteiger partial charge in [-0.1, -0.05) is 5.16 Å². The lowest BCUT2D eigenvalue weighted by Gasteiger charge is -2.06. The maximum absolute atomic E-state index is 10.8. The first-order valence-corrected chi connectivity index (χ1v) is 5.45. The molecule has 2 rings (SSSR count). The van der Waals surface area contributed by atoms with E-state index in [4.69, 9.17) is 9.26 Å². The van der Waals surface area contributed by atoms with E-state index in [1.165, 1.54) is 19.2 Å². The minimum Gasteiger partial charge on any atom is -0.496 e. The number of aryl methyl sites for hydroxylation is 1. The lowest BCUT2D eigenvalue weighted by molar-refractivity contribution is -0.384. The quantitative estimate of drug-likeness (QED) is 0.649. The molecular weight excluding hydrogens is 252 g/mol. The average molecular weight is 264 g/mol. The minimum atomic E-state index is -0.480. The van der Waals surface area contributed by atoms with E-state index >= 15 is 0 Å². The van der Waals surface area contributed by atoms with Crippen molar-refractivity contribution >= 4 is 11.4 Å². The van der Waals surface area contributed by atoms with Crippen molar-refractivity contribution in [3.8, 4) is 5.75 Å². The fourth-order valence-electron chi connectivity index (χ4n) is 1.50. The highest BCUT2D eigenvalue weighted by atomic mass is 16.6. The highest BCUT2D eigenvalue weighted by Gasteiger charge is 2.10. The molecule has 0 unspecified atom stereocenters. The molecule has 1 aromatic carbocycles. The molecule has 1 heterocycles. The predicted molar refractivity (Wildman–Crippen MR) is 66.0 cm³/mol. The summed E-state index contributed by atoms with van der Waals surface area (Å²) >= 11 is 0. The summed E-state index contributed by atoms with van der Waals surface area (Å²) in [7, 11) is 1.45. The standard InChI is InChI=1S/C11H12N4O4/c1-7-13-11(14-19-7)6-12-8-3-9(15(16)17)5-10(4-8)18-2/h3-5,12H,6H2,1-2H3. The van der Waals surface area contributed by atoms with E-state index in [9.17, 15) is 10.1 Å². The summed E-state index contributed by atoms with van der Waals surface area (Å²) < 4.78 is 9.83. The van der Waals surface area contributed by atoms with Crippen LogP contribution in [0.25, 0.3) is 0 Å². The van der Waals surface area contributed by atoms with Crippen LogP contribution in [-0.2, 0) is 6.54 Å². The molecule has 0 radical (unpaired) electrons. The molecule has 0 saturated carbocycles. The Balaban J connectivity index is 2.15. The van der Waals surface area contributed by atoms with Crippen LogP contribution in [0.15, 0.2) is 22.7 Å². The summed E-state index contributed by atoms with van der Waals surface area (Å²) in [5.74, 6) is 1.34.